The predicted octanol–water partition coefficient (Wildman–Crippen LogP) is 3.08. The van der Waals surface area contributed by atoms with E-state index in [1.807, 2.05) is 50.2 Å². The molecule has 0 fully saturated rings. The highest BCUT2D eigenvalue weighted by atomic mass is 16.5. The molecular weight excluding hydrogens is 240 g/mol. The van der Waals surface area contributed by atoms with Gasteiger partial charge in [0.1, 0.15) is 11.5 Å². The van der Waals surface area contributed by atoms with E-state index in [1.54, 1.807) is 0 Å². The minimum atomic E-state index is 0.0331. The molecule has 0 saturated carbocycles. The second-order valence-electron chi connectivity index (χ2n) is 4.62. The molecule has 0 radical (unpaired) electrons. The Hall–Kier alpha value is -1.84. The zero-order chi connectivity index (χ0) is 13.8. The molecule has 0 bridgehead atoms. The normalized spacial score (nSPS) is 10.5. The van der Waals surface area contributed by atoms with Gasteiger partial charge in [0.2, 0.25) is 0 Å². The topological polar surface area (TPSA) is 49.7 Å². The molecule has 0 amide bonds. The van der Waals surface area contributed by atoms with Crippen LogP contribution in [0, 0.1) is 13.8 Å². The SMILES string of the molecule is Cc1cc(CO)ccc1Oc1ccc(CO)cc1C. The van der Waals surface area contributed by atoms with Gasteiger partial charge in [0, 0.05) is 0 Å². The summed E-state index contributed by atoms with van der Waals surface area (Å²) in [6.07, 6.45) is 0. The van der Waals surface area contributed by atoms with Crippen molar-refractivity contribution in [1.29, 1.82) is 0 Å². The van der Waals surface area contributed by atoms with E-state index in [0.717, 1.165) is 33.8 Å². The van der Waals surface area contributed by atoms with Crippen molar-refractivity contribution in [3.05, 3.63) is 58.7 Å². The van der Waals surface area contributed by atoms with Crippen molar-refractivity contribution >= 4 is 0 Å². The maximum Gasteiger partial charge on any atom is 0.130 e. The van der Waals surface area contributed by atoms with Crippen molar-refractivity contribution in [2.24, 2.45) is 0 Å². The second kappa shape index (κ2) is 5.87. The lowest BCUT2D eigenvalue weighted by Crippen LogP contribution is -1.93. The quantitative estimate of drug-likeness (QED) is 0.886. The van der Waals surface area contributed by atoms with Crippen LogP contribution >= 0.6 is 0 Å². The fourth-order valence-corrected chi connectivity index (χ4v) is 1.97. The highest BCUT2D eigenvalue weighted by Gasteiger charge is 2.05. The van der Waals surface area contributed by atoms with Gasteiger partial charge < -0.3 is 14.9 Å². The maximum atomic E-state index is 9.08. The smallest absolute Gasteiger partial charge is 0.130 e. The van der Waals surface area contributed by atoms with Crippen molar-refractivity contribution in [1.82, 2.24) is 0 Å². The number of ether oxygens (including phenoxy) is 1. The van der Waals surface area contributed by atoms with Gasteiger partial charge in [-0.05, 0) is 48.2 Å². The molecule has 2 rings (SSSR count). The third kappa shape index (κ3) is 3.13. The van der Waals surface area contributed by atoms with Crippen molar-refractivity contribution in [2.75, 3.05) is 0 Å². The fourth-order valence-electron chi connectivity index (χ4n) is 1.97. The van der Waals surface area contributed by atoms with Crippen LogP contribution in [0.2, 0.25) is 0 Å². The Labute approximate surface area is 113 Å². The van der Waals surface area contributed by atoms with Gasteiger partial charge in [-0.15, -0.1) is 0 Å². The molecule has 3 nitrogen and oxygen atoms in total. The molecule has 0 aliphatic rings. The summed E-state index contributed by atoms with van der Waals surface area (Å²) in [7, 11) is 0. The minimum Gasteiger partial charge on any atom is -0.457 e. The lowest BCUT2D eigenvalue weighted by Gasteiger charge is -2.12. The number of aliphatic hydroxyl groups excluding tert-OH is 2. The first-order valence-corrected chi connectivity index (χ1v) is 6.22. The van der Waals surface area contributed by atoms with E-state index in [-0.39, 0.29) is 13.2 Å². The summed E-state index contributed by atoms with van der Waals surface area (Å²) in [6.45, 7) is 3.97. The number of aryl methyl sites for hydroxylation is 2. The lowest BCUT2D eigenvalue weighted by atomic mass is 10.1. The first kappa shape index (κ1) is 13.6. The number of benzene rings is 2. The molecular formula is C16H18O3. The first-order chi connectivity index (χ1) is 9.13. The summed E-state index contributed by atoms with van der Waals surface area (Å²) in [6, 6.07) is 11.2. The summed E-state index contributed by atoms with van der Waals surface area (Å²) in [4.78, 5) is 0. The zero-order valence-electron chi connectivity index (χ0n) is 11.2. The average molecular weight is 258 g/mol. The zero-order valence-corrected chi connectivity index (χ0v) is 11.2. The van der Waals surface area contributed by atoms with Crippen LogP contribution in [0.15, 0.2) is 36.4 Å². The summed E-state index contributed by atoms with van der Waals surface area (Å²) < 4.78 is 5.88. The second-order valence-corrected chi connectivity index (χ2v) is 4.62. The monoisotopic (exact) mass is 258 g/mol. The molecule has 2 aromatic rings. The van der Waals surface area contributed by atoms with Gasteiger partial charge in [-0.1, -0.05) is 24.3 Å². The van der Waals surface area contributed by atoms with Gasteiger partial charge in [-0.3, -0.25) is 0 Å². The van der Waals surface area contributed by atoms with Gasteiger partial charge in [0.05, 0.1) is 13.2 Å². The van der Waals surface area contributed by atoms with Crippen LogP contribution in [-0.4, -0.2) is 10.2 Å². The van der Waals surface area contributed by atoms with Crippen LogP contribution in [0.4, 0.5) is 0 Å². The van der Waals surface area contributed by atoms with Crippen LogP contribution in [-0.2, 0) is 13.2 Å². The summed E-state index contributed by atoms with van der Waals surface area (Å²) in [5.41, 5.74) is 3.71. The van der Waals surface area contributed by atoms with Gasteiger partial charge in [0.25, 0.3) is 0 Å². The van der Waals surface area contributed by atoms with Crippen LogP contribution < -0.4 is 4.74 Å². The van der Waals surface area contributed by atoms with Gasteiger partial charge in [-0.25, -0.2) is 0 Å². The molecule has 3 heteroatoms. The molecule has 19 heavy (non-hydrogen) atoms. The van der Waals surface area contributed by atoms with Crippen LogP contribution in [0.1, 0.15) is 22.3 Å². The molecule has 0 unspecified atom stereocenters. The van der Waals surface area contributed by atoms with E-state index < -0.39 is 0 Å². The molecule has 0 atom stereocenters. The minimum absolute atomic E-state index is 0.0331. The summed E-state index contributed by atoms with van der Waals surface area (Å²) in [5.74, 6) is 1.55. The highest BCUT2D eigenvalue weighted by Crippen LogP contribution is 2.28. The third-order valence-corrected chi connectivity index (χ3v) is 3.06. The van der Waals surface area contributed by atoms with E-state index in [1.165, 1.54) is 0 Å². The van der Waals surface area contributed by atoms with E-state index in [9.17, 15) is 0 Å². The Morgan fingerprint density at radius 1 is 0.789 bits per heavy atom. The van der Waals surface area contributed by atoms with Crippen LogP contribution in [0.25, 0.3) is 0 Å². The Kier molecular flexibility index (Phi) is 4.20. The maximum absolute atomic E-state index is 9.08. The highest BCUT2D eigenvalue weighted by molar-refractivity contribution is 5.43. The van der Waals surface area contributed by atoms with E-state index in [4.69, 9.17) is 14.9 Å². The molecule has 0 saturated heterocycles. The Bertz CT molecular complexity index is 525. The Morgan fingerprint density at radius 2 is 1.21 bits per heavy atom. The molecule has 2 aromatic carbocycles. The number of rotatable bonds is 4. The Balaban J connectivity index is 2.26. The fraction of sp³-hybridized carbons (Fsp3) is 0.250. The van der Waals surface area contributed by atoms with Crippen LogP contribution in [0.3, 0.4) is 0 Å². The third-order valence-electron chi connectivity index (χ3n) is 3.06. The number of hydrogen-bond donors (Lipinski definition) is 2. The molecule has 0 aliphatic heterocycles. The molecule has 0 heterocycles. The first-order valence-electron chi connectivity index (χ1n) is 6.22. The molecule has 2 N–H and O–H groups in total. The van der Waals surface area contributed by atoms with Gasteiger partial charge in [0.15, 0.2) is 0 Å². The van der Waals surface area contributed by atoms with Crippen LogP contribution in [0.5, 0.6) is 11.5 Å². The van der Waals surface area contributed by atoms with E-state index >= 15 is 0 Å². The standard InChI is InChI=1S/C16H18O3/c1-11-7-13(9-17)3-5-15(11)19-16-6-4-14(10-18)8-12(16)2/h3-8,17-18H,9-10H2,1-2H3. The summed E-state index contributed by atoms with van der Waals surface area (Å²) >= 11 is 0. The van der Waals surface area contributed by atoms with Crippen molar-refractivity contribution in [3.8, 4) is 11.5 Å². The predicted molar refractivity (Wildman–Crippen MR) is 74.3 cm³/mol. The average Bonchev–Trinajstić information content (AvgIpc) is 2.42. The molecule has 0 spiro atoms. The van der Waals surface area contributed by atoms with Crippen molar-refractivity contribution < 1.29 is 14.9 Å². The molecule has 0 aromatic heterocycles. The largest absolute Gasteiger partial charge is 0.457 e. The van der Waals surface area contributed by atoms with Crippen molar-refractivity contribution in [2.45, 2.75) is 27.1 Å². The lowest BCUT2D eigenvalue weighted by molar-refractivity contribution is 0.281. The van der Waals surface area contributed by atoms with Gasteiger partial charge in [-0.2, -0.15) is 0 Å². The number of hydrogen-bond acceptors (Lipinski definition) is 3. The van der Waals surface area contributed by atoms with E-state index in [2.05, 4.69) is 0 Å². The number of aliphatic hydroxyl groups is 2. The molecule has 100 valence electrons. The van der Waals surface area contributed by atoms with Gasteiger partial charge >= 0.3 is 0 Å². The Morgan fingerprint density at radius 3 is 1.53 bits per heavy atom. The summed E-state index contributed by atoms with van der Waals surface area (Å²) in [5, 5.41) is 18.2. The van der Waals surface area contributed by atoms with Crippen molar-refractivity contribution in [3.63, 3.8) is 0 Å². The van der Waals surface area contributed by atoms with E-state index in [0.29, 0.717) is 0 Å². The molecule has 0 aliphatic carbocycles.